The Bertz CT molecular complexity index is 270. The second-order valence-corrected chi connectivity index (χ2v) is 6.66. The van der Waals surface area contributed by atoms with Crippen molar-refractivity contribution in [3.63, 3.8) is 0 Å². The molecule has 2 rings (SSSR count). The first kappa shape index (κ1) is 15.3. The summed E-state index contributed by atoms with van der Waals surface area (Å²) in [6, 6.07) is 0.172. The molecular weight excluding hydrogens is 238 g/mol. The van der Waals surface area contributed by atoms with Crippen molar-refractivity contribution in [2.45, 2.75) is 64.5 Å². The molecule has 2 aliphatic rings. The lowest BCUT2D eigenvalue weighted by Gasteiger charge is -2.47. The predicted octanol–water partition coefficient (Wildman–Crippen LogP) is 2.97. The van der Waals surface area contributed by atoms with Gasteiger partial charge >= 0.3 is 0 Å². The number of ether oxygens (including phenoxy) is 2. The first-order valence-electron chi connectivity index (χ1n) is 8.06. The molecule has 0 aromatic carbocycles. The molecule has 0 radical (unpaired) electrons. The van der Waals surface area contributed by atoms with Gasteiger partial charge in [-0.1, -0.05) is 20.3 Å². The lowest BCUT2D eigenvalue weighted by atomic mass is 9.68. The molecule has 3 heteroatoms. The Hall–Kier alpha value is -0.120. The molecule has 1 aliphatic carbocycles. The van der Waals surface area contributed by atoms with Gasteiger partial charge in [0, 0.05) is 38.7 Å². The molecule has 19 heavy (non-hydrogen) atoms. The maximum absolute atomic E-state index is 6.67. The molecule has 0 amide bonds. The van der Waals surface area contributed by atoms with E-state index in [-0.39, 0.29) is 11.6 Å². The van der Waals surface area contributed by atoms with Gasteiger partial charge in [0.1, 0.15) is 0 Å². The van der Waals surface area contributed by atoms with Crippen molar-refractivity contribution >= 4 is 0 Å². The Balaban J connectivity index is 2.04. The Morgan fingerprint density at radius 2 is 1.89 bits per heavy atom. The van der Waals surface area contributed by atoms with E-state index in [1.807, 2.05) is 0 Å². The first-order valence-corrected chi connectivity index (χ1v) is 8.06. The minimum Gasteiger partial charge on any atom is -0.381 e. The molecule has 2 fully saturated rings. The van der Waals surface area contributed by atoms with Crippen LogP contribution in [0.4, 0.5) is 0 Å². The van der Waals surface area contributed by atoms with Crippen molar-refractivity contribution in [2.75, 3.05) is 19.8 Å². The van der Waals surface area contributed by atoms with Crippen LogP contribution >= 0.6 is 0 Å². The van der Waals surface area contributed by atoms with Gasteiger partial charge in [0.25, 0.3) is 0 Å². The van der Waals surface area contributed by atoms with Crippen LogP contribution in [0.5, 0.6) is 0 Å². The van der Waals surface area contributed by atoms with E-state index in [9.17, 15) is 0 Å². The van der Waals surface area contributed by atoms with E-state index >= 15 is 0 Å². The van der Waals surface area contributed by atoms with Crippen LogP contribution in [-0.2, 0) is 9.47 Å². The van der Waals surface area contributed by atoms with E-state index in [0.717, 1.165) is 44.5 Å². The summed E-state index contributed by atoms with van der Waals surface area (Å²) in [7, 11) is 0. The standard InChI is InChI=1S/C16H31NO2/c1-4-19-16(7-9-18-10-8-16)15(17)14-6-5-12(2)13(3)11-14/h12-15H,4-11,17H2,1-3H3. The molecule has 112 valence electrons. The molecule has 4 unspecified atom stereocenters. The van der Waals surface area contributed by atoms with Gasteiger partial charge in [0.2, 0.25) is 0 Å². The molecule has 4 atom stereocenters. The van der Waals surface area contributed by atoms with Gasteiger partial charge in [0.05, 0.1) is 5.60 Å². The summed E-state index contributed by atoms with van der Waals surface area (Å²) in [6.07, 6.45) is 5.77. The maximum atomic E-state index is 6.67. The fourth-order valence-corrected chi connectivity index (χ4v) is 3.92. The van der Waals surface area contributed by atoms with E-state index in [0.29, 0.717) is 5.92 Å². The largest absolute Gasteiger partial charge is 0.381 e. The van der Waals surface area contributed by atoms with Gasteiger partial charge in [0.15, 0.2) is 0 Å². The van der Waals surface area contributed by atoms with Crippen molar-refractivity contribution in [1.82, 2.24) is 0 Å². The van der Waals surface area contributed by atoms with E-state index in [1.54, 1.807) is 0 Å². The van der Waals surface area contributed by atoms with Crippen molar-refractivity contribution in [1.29, 1.82) is 0 Å². The zero-order valence-corrected chi connectivity index (χ0v) is 12.9. The summed E-state index contributed by atoms with van der Waals surface area (Å²) >= 11 is 0. The first-order chi connectivity index (χ1) is 9.09. The molecule has 0 spiro atoms. The summed E-state index contributed by atoms with van der Waals surface area (Å²) in [5, 5.41) is 0. The quantitative estimate of drug-likeness (QED) is 0.853. The highest BCUT2D eigenvalue weighted by Crippen LogP contribution is 2.40. The second kappa shape index (κ2) is 6.55. The van der Waals surface area contributed by atoms with Crippen molar-refractivity contribution in [2.24, 2.45) is 23.5 Å². The van der Waals surface area contributed by atoms with Crippen LogP contribution in [0.3, 0.4) is 0 Å². The van der Waals surface area contributed by atoms with Crippen LogP contribution in [0, 0.1) is 17.8 Å². The molecule has 0 aromatic heterocycles. The summed E-state index contributed by atoms with van der Waals surface area (Å²) in [5.74, 6) is 2.26. The third kappa shape index (κ3) is 3.32. The third-order valence-corrected chi connectivity index (χ3v) is 5.53. The average Bonchev–Trinajstić information content (AvgIpc) is 2.42. The molecule has 0 bridgehead atoms. The number of rotatable bonds is 4. The molecule has 3 nitrogen and oxygen atoms in total. The smallest absolute Gasteiger partial charge is 0.0878 e. The predicted molar refractivity (Wildman–Crippen MR) is 78.1 cm³/mol. The topological polar surface area (TPSA) is 44.5 Å². The van der Waals surface area contributed by atoms with Crippen molar-refractivity contribution < 1.29 is 9.47 Å². The normalized spacial score (nSPS) is 36.9. The van der Waals surface area contributed by atoms with Gasteiger partial charge in [-0.3, -0.25) is 0 Å². The molecule has 1 aliphatic heterocycles. The summed E-state index contributed by atoms with van der Waals surface area (Å²) in [6.45, 7) is 9.18. The highest BCUT2D eigenvalue weighted by Gasteiger charge is 2.44. The molecule has 1 saturated carbocycles. The van der Waals surface area contributed by atoms with Crippen molar-refractivity contribution in [3.8, 4) is 0 Å². The lowest BCUT2D eigenvalue weighted by molar-refractivity contribution is -0.133. The highest BCUT2D eigenvalue weighted by molar-refractivity contribution is 4.98. The van der Waals surface area contributed by atoms with Gasteiger partial charge in [-0.2, -0.15) is 0 Å². The Morgan fingerprint density at radius 1 is 1.21 bits per heavy atom. The summed E-state index contributed by atoms with van der Waals surface area (Å²) in [4.78, 5) is 0. The fourth-order valence-electron chi connectivity index (χ4n) is 3.92. The van der Waals surface area contributed by atoms with Crippen LogP contribution in [0.25, 0.3) is 0 Å². The van der Waals surface area contributed by atoms with Gasteiger partial charge in [-0.25, -0.2) is 0 Å². The number of hydrogen-bond acceptors (Lipinski definition) is 3. The highest BCUT2D eigenvalue weighted by atomic mass is 16.5. The van der Waals surface area contributed by atoms with Crippen LogP contribution in [0.15, 0.2) is 0 Å². The lowest BCUT2D eigenvalue weighted by Crippen LogP contribution is -2.57. The van der Waals surface area contributed by atoms with Crippen LogP contribution in [-0.4, -0.2) is 31.5 Å². The zero-order chi connectivity index (χ0) is 13.9. The van der Waals surface area contributed by atoms with Crippen LogP contribution in [0.1, 0.15) is 52.9 Å². The van der Waals surface area contributed by atoms with Crippen LogP contribution in [0.2, 0.25) is 0 Å². The average molecular weight is 269 g/mol. The van der Waals surface area contributed by atoms with Crippen molar-refractivity contribution in [3.05, 3.63) is 0 Å². The number of nitrogens with two attached hydrogens (primary N) is 1. The molecule has 2 N–H and O–H groups in total. The van der Waals surface area contributed by atoms with E-state index < -0.39 is 0 Å². The maximum Gasteiger partial charge on any atom is 0.0878 e. The van der Waals surface area contributed by atoms with Gasteiger partial charge in [-0.15, -0.1) is 0 Å². The Morgan fingerprint density at radius 3 is 2.47 bits per heavy atom. The van der Waals surface area contributed by atoms with Gasteiger partial charge in [-0.05, 0) is 37.5 Å². The minimum atomic E-state index is -0.127. The van der Waals surface area contributed by atoms with Gasteiger partial charge < -0.3 is 15.2 Å². The molecule has 1 heterocycles. The number of hydrogen-bond donors (Lipinski definition) is 1. The summed E-state index contributed by atoms with van der Waals surface area (Å²) in [5.41, 5.74) is 6.54. The van der Waals surface area contributed by atoms with Crippen LogP contribution < -0.4 is 5.73 Å². The Kier molecular flexibility index (Phi) is 5.27. The zero-order valence-electron chi connectivity index (χ0n) is 12.9. The minimum absolute atomic E-state index is 0.127. The summed E-state index contributed by atoms with van der Waals surface area (Å²) < 4.78 is 11.7. The molecular formula is C16H31NO2. The monoisotopic (exact) mass is 269 g/mol. The fraction of sp³-hybridized carbons (Fsp3) is 1.00. The Labute approximate surface area is 118 Å². The molecule has 0 aromatic rings. The third-order valence-electron chi connectivity index (χ3n) is 5.53. The SMILES string of the molecule is CCOC1(C(N)C2CCC(C)C(C)C2)CCOCC1. The van der Waals surface area contributed by atoms with E-state index in [4.69, 9.17) is 15.2 Å². The molecule has 1 saturated heterocycles. The van der Waals surface area contributed by atoms with E-state index in [1.165, 1.54) is 19.3 Å². The van der Waals surface area contributed by atoms with E-state index in [2.05, 4.69) is 20.8 Å². The second-order valence-electron chi connectivity index (χ2n) is 6.66.